The number of benzene rings is 2. The first-order chi connectivity index (χ1) is 10.7. The number of rotatable bonds is 3. The first-order valence-corrected chi connectivity index (χ1v) is 6.86. The number of hydrogen-bond acceptors (Lipinski definition) is 3. The lowest BCUT2D eigenvalue weighted by Gasteiger charge is -2.11. The molecule has 0 spiro atoms. The van der Waals surface area contributed by atoms with Gasteiger partial charge in [0.05, 0.1) is 12.6 Å². The molecular weight excluding hydrogens is 272 g/mol. The van der Waals surface area contributed by atoms with E-state index < -0.39 is 0 Å². The van der Waals surface area contributed by atoms with Crippen LogP contribution in [0.25, 0.3) is 16.5 Å². The summed E-state index contributed by atoms with van der Waals surface area (Å²) < 4.78 is 5.18. The number of pyridine rings is 1. The van der Waals surface area contributed by atoms with Crippen molar-refractivity contribution in [3.63, 3.8) is 0 Å². The van der Waals surface area contributed by atoms with Crippen LogP contribution in [-0.2, 0) is 0 Å². The van der Waals surface area contributed by atoms with E-state index >= 15 is 0 Å². The Kier molecular flexibility index (Phi) is 3.59. The van der Waals surface area contributed by atoms with E-state index in [2.05, 4.69) is 17.6 Å². The summed E-state index contributed by atoms with van der Waals surface area (Å²) in [6, 6.07) is 19.4. The SMILES string of the molecule is C=C(c1ccc(OC)cc1)c1cc(C#N)nc2ccccc12. The molecule has 0 aliphatic rings. The molecular formula is C19H14N2O. The summed E-state index contributed by atoms with van der Waals surface area (Å²) in [5, 5.41) is 10.2. The zero-order valence-corrected chi connectivity index (χ0v) is 12.2. The van der Waals surface area contributed by atoms with Crippen molar-refractivity contribution in [1.82, 2.24) is 4.98 Å². The maximum Gasteiger partial charge on any atom is 0.141 e. The third kappa shape index (κ3) is 2.43. The Morgan fingerprint density at radius 3 is 2.55 bits per heavy atom. The number of nitrogens with zero attached hydrogens (tertiary/aromatic N) is 2. The maximum atomic E-state index is 9.18. The molecule has 0 saturated heterocycles. The van der Waals surface area contributed by atoms with E-state index in [1.807, 2.05) is 48.5 Å². The fourth-order valence-electron chi connectivity index (χ4n) is 2.43. The van der Waals surface area contributed by atoms with Crippen molar-refractivity contribution >= 4 is 16.5 Å². The minimum atomic E-state index is 0.392. The van der Waals surface area contributed by atoms with Crippen LogP contribution in [-0.4, -0.2) is 12.1 Å². The second-order valence-electron chi connectivity index (χ2n) is 4.89. The number of methoxy groups -OCH3 is 1. The van der Waals surface area contributed by atoms with Crippen LogP contribution in [0.15, 0.2) is 61.2 Å². The van der Waals surface area contributed by atoms with Crippen LogP contribution in [0.5, 0.6) is 5.75 Å². The summed E-state index contributed by atoms with van der Waals surface area (Å²) >= 11 is 0. The van der Waals surface area contributed by atoms with Gasteiger partial charge in [0.1, 0.15) is 17.5 Å². The second kappa shape index (κ2) is 5.71. The molecule has 22 heavy (non-hydrogen) atoms. The van der Waals surface area contributed by atoms with Gasteiger partial charge in [-0.1, -0.05) is 36.9 Å². The average molecular weight is 286 g/mol. The molecule has 0 fully saturated rings. The Hall–Kier alpha value is -3.12. The van der Waals surface area contributed by atoms with Gasteiger partial charge in [-0.2, -0.15) is 5.26 Å². The topological polar surface area (TPSA) is 45.9 Å². The number of ether oxygens (including phenoxy) is 1. The van der Waals surface area contributed by atoms with Gasteiger partial charge in [-0.3, -0.25) is 0 Å². The van der Waals surface area contributed by atoms with Crippen molar-refractivity contribution in [2.24, 2.45) is 0 Å². The molecule has 0 atom stereocenters. The molecule has 0 bridgehead atoms. The van der Waals surface area contributed by atoms with Crippen molar-refractivity contribution in [2.75, 3.05) is 7.11 Å². The van der Waals surface area contributed by atoms with Crippen molar-refractivity contribution in [3.8, 4) is 11.8 Å². The number of hydrogen-bond donors (Lipinski definition) is 0. The summed E-state index contributed by atoms with van der Waals surface area (Å²) in [5.41, 5.74) is 3.96. The van der Waals surface area contributed by atoms with Gasteiger partial charge in [-0.15, -0.1) is 0 Å². The van der Waals surface area contributed by atoms with Gasteiger partial charge in [-0.25, -0.2) is 4.98 Å². The standard InChI is InChI=1S/C19H14N2O/c1-13(14-7-9-16(22-2)10-8-14)18-11-15(12-20)21-19-6-4-3-5-17(18)19/h3-11H,1H2,2H3. The van der Waals surface area contributed by atoms with Crippen molar-refractivity contribution in [3.05, 3.63) is 78.0 Å². The summed E-state index contributed by atoms with van der Waals surface area (Å²) in [5.74, 6) is 0.800. The van der Waals surface area contributed by atoms with E-state index in [0.29, 0.717) is 5.69 Å². The predicted octanol–water partition coefficient (Wildman–Crippen LogP) is 4.18. The lowest BCUT2D eigenvalue weighted by Crippen LogP contribution is -1.93. The van der Waals surface area contributed by atoms with Crippen LogP contribution >= 0.6 is 0 Å². The average Bonchev–Trinajstić information content (AvgIpc) is 2.60. The number of fused-ring (bicyclic) bond motifs is 1. The molecule has 0 N–H and O–H groups in total. The molecule has 3 nitrogen and oxygen atoms in total. The van der Waals surface area contributed by atoms with Gasteiger partial charge in [0, 0.05) is 5.39 Å². The van der Waals surface area contributed by atoms with Crippen molar-refractivity contribution < 1.29 is 4.74 Å². The molecule has 0 amide bonds. The first kappa shape index (κ1) is 13.8. The summed E-state index contributed by atoms with van der Waals surface area (Å²) in [6.45, 7) is 4.20. The molecule has 1 aromatic heterocycles. The highest BCUT2D eigenvalue weighted by Crippen LogP contribution is 2.29. The Morgan fingerprint density at radius 1 is 1.14 bits per heavy atom. The minimum Gasteiger partial charge on any atom is -0.497 e. The lowest BCUT2D eigenvalue weighted by atomic mass is 9.95. The Morgan fingerprint density at radius 2 is 1.86 bits per heavy atom. The van der Waals surface area contributed by atoms with Crippen LogP contribution in [0.4, 0.5) is 0 Å². The fourth-order valence-corrected chi connectivity index (χ4v) is 2.43. The second-order valence-corrected chi connectivity index (χ2v) is 4.89. The number of nitriles is 1. The molecule has 3 rings (SSSR count). The van der Waals surface area contributed by atoms with Gasteiger partial charge in [-0.05, 0) is 41.0 Å². The fraction of sp³-hybridized carbons (Fsp3) is 0.0526. The number of aromatic nitrogens is 1. The maximum absolute atomic E-state index is 9.18. The van der Waals surface area contributed by atoms with Crippen LogP contribution in [0.3, 0.4) is 0 Å². The van der Waals surface area contributed by atoms with E-state index in [-0.39, 0.29) is 0 Å². The van der Waals surface area contributed by atoms with E-state index in [0.717, 1.165) is 33.4 Å². The van der Waals surface area contributed by atoms with Crippen LogP contribution < -0.4 is 4.74 Å². The smallest absolute Gasteiger partial charge is 0.141 e. The van der Waals surface area contributed by atoms with E-state index in [9.17, 15) is 5.26 Å². The molecule has 0 saturated carbocycles. The molecule has 1 heterocycles. The van der Waals surface area contributed by atoms with E-state index in [4.69, 9.17) is 4.74 Å². The van der Waals surface area contributed by atoms with Crippen LogP contribution in [0.2, 0.25) is 0 Å². The molecule has 2 aromatic carbocycles. The van der Waals surface area contributed by atoms with Gasteiger partial charge >= 0.3 is 0 Å². The zero-order valence-electron chi connectivity index (χ0n) is 12.2. The molecule has 106 valence electrons. The zero-order chi connectivity index (χ0) is 15.5. The third-order valence-electron chi connectivity index (χ3n) is 3.59. The van der Waals surface area contributed by atoms with Gasteiger partial charge in [0.25, 0.3) is 0 Å². The third-order valence-corrected chi connectivity index (χ3v) is 3.59. The highest BCUT2D eigenvalue weighted by Gasteiger charge is 2.10. The molecule has 0 aliphatic heterocycles. The molecule has 0 aliphatic carbocycles. The normalized spacial score (nSPS) is 10.2. The highest BCUT2D eigenvalue weighted by atomic mass is 16.5. The predicted molar refractivity (Wildman–Crippen MR) is 87.6 cm³/mol. The van der Waals surface area contributed by atoms with Crippen molar-refractivity contribution in [2.45, 2.75) is 0 Å². The Balaban J connectivity index is 2.15. The summed E-state index contributed by atoms with van der Waals surface area (Å²) in [6.07, 6.45) is 0. The largest absolute Gasteiger partial charge is 0.497 e. The lowest BCUT2D eigenvalue weighted by molar-refractivity contribution is 0.415. The van der Waals surface area contributed by atoms with Crippen LogP contribution in [0, 0.1) is 11.3 Å². The number of para-hydroxylation sites is 1. The van der Waals surface area contributed by atoms with Gasteiger partial charge in [0.15, 0.2) is 0 Å². The van der Waals surface area contributed by atoms with Gasteiger partial charge < -0.3 is 4.74 Å². The molecule has 0 radical (unpaired) electrons. The Bertz CT molecular complexity index is 889. The molecule has 0 unspecified atom stereocenters. The summed E-state index contributed by atoms with van der Waals surface area (Å²) in [7, 11) is 1.64. The highest BCUT2D eigenvalue weighted by molar-refractivity contribution is 5.95. The van der Waals surface area contributed by atoms with E-state index in [1.54, 1.807) is 13.2 Å². The quantitative estimate of drug-likeness (QED) is 0.725. The summed E-state index contributed by atoms with van der Waals surface area (Å²) in [4.78, 5) is 4.34. The molecule has 3 aromatic rings. The van der Waals surface area contributed by atoms with Crippen molar-refractivity contribution in [1.29, 1.82) is 5.26 Å². The Labute approximate surface area is 129 Å². The van der Waals surface area contributed by atoms with Crippen LogP contribution in [0.1, 0.15) is 16.8 Å². The van der Waals surface area contributed by atoms with Gasteiger partial charge in [0.2, 0.25) is 0 Å². The monoisotopic (exact) mass is 286 g/mol. The minimum absolute atomic E-state index is 0.392. The first-order valence-electron chi connectivity index (χ1n) is 6.86. The molecule has 3 heteroatoms. The van der Waals surface area contributed by atoms with E-state index in [1.165, 1.54) is 0 Å².